The second kappa shape index (κ2) is 7.55. The zero-order valence-corrected chi connectivity index (χ0v) is 13.6. The van der Waals surface area contributed by atoms with Gasteiger partial charge in [0.15, 0.2) is 11.5 Å². The molecular weight excluding hydrogens is 294 g/mol. The molecule has 0 radical (unpaired) electrons. The molecule has 2 aliphatic heterocycles. The van der Waals surface area contributed by atoms with Crippen LogP contribution >= 0.6 is 0 Å². The standard InChI is InChI=1S/C17H25N3O3/c1-13-4-2-3-8-20(13)9-7-18-17(21)19-14-5-6-15-16(12-14)23-11-10-22-15/h5-6,12-13H,2-4,7-11H2,1H3,(H2,18,19,21). The van der Waals surface area contributed by atoms with Crippen molar-refractivity contribution in [2.75, 3.05) is 38.2 Å². The minimum atomic E-state index is -0.189. The van der Waals surface area contributed by atoms with E-state index >= 15 is 0 Å². The third-order valence-corrected chi connectivity index (χ3v) is 4.43. The summed E-state index contributed by atoms with van der Waals surface area (Å²) in [6.07, 6.45) is 3.83. The summed E-state index contributed by atoms with van der Waals surface area (Å²) in [5.41, 5.74) is 0.707. The van der Waals surface area contributed by atoms with Crippen LogP contribution in [-0.2, 0) is 0 Å². The number of hydrogen-bond donors (Lipinski definition) is 2. The molecule has 2 N–H and O–H groups in total. The summed E-state index contributed by atoms with van der Waals surface area (Å²) in [6.45, 7) is 6.04. The molecule has 1 aromatic rings. The second-order valence-corrected chi connectivity index (χ2v) is 6.12. The van der Waals surface area contributed by atoms with E-state index < -0.39 is 0 Å². The number of nitrogens with one attached hydrogen (secondary N) is 2. The molecule has 0 aromatic heterocycles. The Balaban J connectivity index is 1.44. The fourth-order valence-electron chi connectivity index (χ4n) is 3.10. The number of benzene rings is 1. The predicted molar refractivity (Wildman–Crippen MR) is 89.3 cm³/mol. The average molecular weight is 319 g/mol. The molecule has 1 atom stereocenters. The Labute approximate surface area is 137 Å². The summed E-state index contributed by atoms with van der Waals surface area (Å²) in [4.78, 5) is 14.4. The molecule has 23 heavy (non-hydrogen) atoms. The molecule has 2 aliphatic rings. The third kappa shape index (κ3) is 4.28. The Kier molecular flexibility index (Phi) is 5.23. The van der Waals surface area contributed by atoms with E-state index in [4.69, 9.17) is 9.47 Å². The Hall–Kier alpha value is -1.95. The van der Waals surface area contributed by atoms with Gasteiger partial charge in [0.1, 0.15) is 13.2 Å². The smallest absolute Gasteiger partial charge is 0.319 e. The van der Waals surface area contributed by atoms with Crippen molar-refractivity contribution in [3.8, 4) is 11.5 Å². The van der Waals surface area contributed by atoms with Crippen LogP contribution in [0.5, 0.6) is 11.5 Å². The molecule has 0 saturated carbocycles. The number of carbonyl (C=O) groups is 1. The van der Waals surface area contributed by atoms with E-state index in [-0.39, 0.29) is 6.03 Å². The van der Waals surface area contributed by atoms with Crippen LogP contribution in [0.4, 0.5) is 10.5 Å². The molecule has 1 unspecified atom stereocenters. The number of carbonyl (C=O) groups excluding carboxylic acids is 1. The number of amides is 2. The molecule has 6 heteroatoms. The van der Waals surface area contributed by atoms with E-state index in [1.807, 2.05) is 12.1 Å². The van der Waals surface area contributed by atoms with Gasteiger partial charge in [-0.3, -0.25) is 4.90 Å². The van der Waals surface area contributed by atoms with Crippen LogP contribution in [0, 0.1) is 0 Å². The summed E-state index contributed by atoms with van der Waals surface area (Å²) in [7, 11) is 0. The molecule has 6 nitrogen and oxygen atoms in total. The number of piperidine rings is 1. The Morgan fingerprint density at radius 1 is 1.26 bits per heavy atom. The Morgan fingerprint density at radius 3 is 2.91 bits per heavy atom. The maximum atomic E-state index is 12.0. The average Bonchev–Trinajstić information content (AvgIpc) is 2.56. The lowest BCUT2D eigenvalue weighted by Gasteiger charge is -2.33. The number of rotatable bonds is 4. The van der Waals surface area contributed by atoms with Crippen LogP contribution < -0.4 is 20.1 Å². The monoisotopic (exact) mass is 319 g/mol. The highest BCUT2D eigenvalue weighted by atomic mass is 16.6. The van der Waals surface area contributed by atoms with Crippen molar-refractivity contribution in [3.05, 3.63) is 18.2 Å². The van der Waals surface area contributed by atoms with Crippen molar-refractivity contribution in [3.63, 3.8) is 0 Å². The summed E-state index contributed by atoms with van der Waals surface area (Å²) >= 11 is 0. The molecule has 126 valence electrons. The van der Waals surface area contributed by atoms with Gasteiger partial charge in [0.2, 0.25) is 0 Å². The van der Waals surface area contributed by atoms with E-state index in [1.165, 1.54) is 19.3 Å². The molecule has 2 amide bonds. The van der Waals surface area contributed by atoms with Crippen LogP contribution in [0.2, 0.25) is 0 Å². The maximum absolute atomic E-state index is 12.0. The third-order valence-electron chi connectivity index (χ3n) is 4.43. The summed E-state index contributed by atoms with van der Waals surface area (Å²) < 4.78 is 11.0. The van der Waals surface area contributed by atoms with E-state index in [1.54, 1.807) is 6.07 Å². The molecule has 3 rings (SSSR count). The molecule has 0 spiro atoms. The van der Waals surface area contributed by atoms with Crippen molar-refractivity contribution in [2.45, 2.75) is 32.2 Å². The lowest BCUT2D eigenvalue weighted by molar-refractivity contribution is 0.162. The van der Waals surface area contributed by atoms with Gasteiger partial charge in [0, 0.05) is 30.9 Å². The minimum absolute atomic E-state index is 0.189. The zero-order valence-electron chi connectivity index (χ0n) is 13.6. The number of hydrogen-bond acceptors (Lipinski definition) is 4. The first-order valence-electron chi connectivity index (χ1n) is 8.41. The van der Waals surface area contributed by atoms with Gasteiger partial charge in [-0.05, 0) is 38.4 Å². The van der Waals surface area contributed by atoms with Crippen molar-refractivity contribution >= 4 is 11.7 Å². The SMILES string of the molecule is CC1CCCCN1CCNC(=O)Nc1ccc2c(c1)OCCO2. The normalized spacial score (nSPS) is 20.8. The highest BCUT2D eigenvalue weighted by Crippen LogP contribution is 2.32. The molecule has 1 saturated heterocycles. The van der Waals surface area contributed by atoms with Gasteiger partial charge in [-0.1, -0.05) is 6.42 Å². The highest BCUT2D eigenvalue weighted by molar-refractivity contribution is 5.89. The van der Waals surface area contributed by atoms with Crippen molar-refractivity contribution in [1.82, 2.24) is 10.2 Å². The van der Waals surface area contributed by atoms with Gasteiger partial charge in [-0.25, -0.2) is 4.79 Å². The fraction of sp³-hybridized carbons (Fsp3) is 0.588. The largest absolute Gasteiger partial charge is 0.486 e. The quantitative estimate of drug-likeness (QED) is 0.895. The summed E-state index contributed by atoms with van der Waals surface area (Å²) in [5, 5.41) is 5.75. The van der Waals surface area contributed by atoms with E-state index in [0.717, 1.165) is 18.8 Å². The van der Waals surface area contributed by atoms with E-state index in [9.17, 15) is 4.79 Å². The summed E-state index contributed by atoms with van der Waals surface area (Å²) in [6, 6.07) is 5.86. The first-order valence-corrected chi connectivity index (χ1v) is 8.41. The fourth-order valence-corrected chi connectivity index (χ4v) is 3.10. The van der Waals surface area contributed by atoms with Gasteiger partial charge < -0.3 is 20.1 Å². The molecule has 1 fully saturated rings. The highest BCUT2D eigenvalue weighted by Gasteiger charge is 2.17. The minimum Gasteiger partial charge on any atom is -0.486 e. The first-order chi connectivity index (χ1) is 11.2. The van der Waals surface area contributed by atoms with Crippen LogP contribution in [-0.4, -0.2) is 49.8 Å². The number of nitrogens with zero attached hydrogens (tertiary/aromatic N) is 1. The van der Waals surface area contributed by atoms with Crippen molar-refractivity contribution < 1.29 is 14.3 Å². The van der Waals surface area contributed by atoms with E-state index in [0.29, 0.717) is 37.2 Å². The number of urea groups is 1. The lowest BCUT2D eigenvalue weighted by atomic mass is 10.0. The Morgan fingerprint density at radius 2 is 2.09 bits per heavy atom. The van der Waals surface area contributed by atoms with Gasteiger partial charge >= 0.3 is 6.03 Å². The van der Waals surface area contributed by atoms with Gasteiger partial charge in [-0.2, -0.15) is 0 Å². The molecular formula is C17H25N3O3. The van der Waals surface area contributed by atoms with Crippen LogP contribution in [0.25, 0.3) is 0 Å². The molecule has 0 aliphatic carbocycles. The number of fused-ring (bicyclic) bond motifs is 1. The van der Waals surface area contributed by atoms with Crippen LogP contribution in [0.1, 0.15) is 26.2 Å². The number of likely N-dealkylation sites (tertiary alicyclic amines) is 1. The van der Waals surface area contributed by atoms with Crippen LogP contribution in [0.15, 0.2) is 18.2 Å². The lowest BCUT2D eigenvalue weighted by Crippen LogP contribution is -2.43. The topological polar surface area (TPSA) is 62.8 Å². The zero-order chi connectivity index (χ0) is 16.1. The molecule has 2 heterocycles. The van der Waals surface area contributed by atoms with E-state index in [2.05, 4.69) is 22.5 Å². The first kappa shape index (κ1) is 15.9. The summed E-state index contributed by atoms with van der Waals surface area (Å²) in [5.74, 6) is 1.40. The van der Waals surface area contributed by atoms with Gasteiger partial charge in [0.05, 0.1) is 0 Å². The van der Waals surface area contributed by atoms with Crippen molar-refractivity contribution in [2.24, 2.45) is 0 Å². The number of anilines is 1. The van der Waals surface area contributed by atoms with Gasteiger partial charge in [0.25, 0.3) is 0 Å². The second-order valence-electron chi connectivity index (χ2n) is 6.12. The molecule has 1 aromatic carbocycles. The predicted octanol–water partition coefficient (Wildman–Crippen LogP) is 2.45. The number of ether oxygens (including phenoxy) is 2. The van der Waals surface area contributed by atoms with Crippen LogP contribution in [0.3, 0.4) is 0 Å². The maximum Gasteiger partial charge on any atom is 0.319 e. The van der Waals surface area contributed by atoms with Gasteiger partial charge in [-0.15, -0.1) is 0 Å². The molecule has 0 bridgehead atoms. The Bertz CT molecular complexity index is 550. The van der Waals surface area contributed by atoms with Crippen molar-refractivity contribution in [1.29, 1.82) is 0 Å².